The summed E-state index contributed by atoms with van der Waals surface area (Å²) in [4.78, 5) is 31.4. The molecule has 1 aliphatic carbocycles. The van der Waals surface area contributed by atoms with Crippen LogP contribution in [0.3, 0.4) is 0 Å². The summed E-state index contributed by atoms with van der Waals surface area (Å²) < 4.78 is 5.11. The van der Waals surface area contributed by atoms with Crippen molar-refractivity contribution in [3.05, 3.63) is 62.6 Å². The summed E-state index contributed by atoms with van der Waals surface area (Å²) >= 11 is 0. The molecule has 3 aromatic rings. The van der Waals surface area contributed by atoms with Crippen LogP contribution in [-0.2, 0) is 20.0 Å². The third-order valence-corrected chi connectivity index (χ3v) is 5.88. The predicted molar refractivity (Wildman–Crippen MR) is 111 cm³/mol. The normalized spacial score (nSPS) is 15.4. The number of hydrogen-bond donors (Lipinski definition) is 0. The van der Waals surface area contributed by atoms with Crippen LogP contribution < -0.4 is 11.2 Å². The van der Waals surface area contributed by atoms with Gasteiger partial charge in [0.2, 0.25) is 0 Å². The van der Waals surface area contributed by atoms with Crippen molar-refractivity contribution in [2.75, 3.05) is 0 Å². The first-order valence-corrected chi connectivity index (χ1v) is 10.4. The van der Waals surface area contributed by atoms with Crippen molar-refractivity contribution in [2.24, 2.45) is 7.05 Å². The summed E-state index contributed by atoms with van der Waals surface area (Å²) in [5.74, 6) is 0.809. The van der Waals surface area contributed by atoms with Gasteiger partial charge in [-0.1, -0.05) is 56.5 Å². The van der Waals surface area contributed by atoms with Crippen LogP contribution in [0.2, 0.25) is 0 Å². The molecule has 0 spiro atoms. The van der Waals surface area contributed by atoms with E-state index in [-0.39, 0.29) is 17.3 Å². The van der Waals surface area contributed by atoms with Crippen LogP contribution in [0.1, 0.15) is 62.9 Å². The summed E-state index contributed by atoms with van der Waals surface area (Å²) in [6, 6.07) is 10.1. The van der Waals surface area contributed by atoms with Crippen molar-refractivity contribution >= 4 is 11.2 Å². The molecule has 0 aliphatic heterocycles. The Morgan fingerprint density at radius 1 is 1.07 bits per heavy atom. The Morgan fingerprint density at radius 3 is 2.46 bits per heavy atom. The van der Waals surface area contributed by atoms with Gasteiger partial charge in [-0.25, -0.2) is 9.78 Å². The van der Waals surface area contributed by atoms with Gasteiger partial charge >= 0.3 is 5.69 Å². The lowest BCUT2D eigenvalue weighted by Gasteiger charge is -2.24. The monoisotopic (exact) mass is 380 g/mol. The quantitative estimate of drug-likeness (QED) is 0.681. The van der Waals surface area contributed by atoms with Crippen molar-refractivity contribution in [1.29, 1.82) is 0 Å². The zero-order valence-electron chi connectivity index (χ0n) is 16.7. The molecule has 28 heavy (non-hydrogen) atoms. The van der Waals surface area contributed by atoms with E-state index in [0.29, 0.717) is 24.1 Å². The van der Waals surface area contributed by atoms with Crippen molar-refractivity contribution in [1.82, 2.24) is 18.7 Å². The fourth-order valence-corrected chi connectivity index (χ4v) is 4.40. The van der Waals surface area contributed by atoms with Crippen molar-refractivity contribution in [3.8, 4) is 0 Å². The Morgan fingerprint density at radius 2 is 1.79 bits per heavy atom. The van der Waals surface area contributed by atoms with Gasteiger partial charge in [-0.15, -0.1) is 0 Å². The average molecular weight is 380 g/mol. The second-order valence-electron chi connectivity index (χ2n) is 7.82. The molecule has 2 aromatic heterocycles. The summed E-state index contributed by atoms with van der Waals surface area (Å²) in [6.45, 7) is 2.62. The highest BCUT2D eigenvalue weighted by molar-refractivity contribution is 5.71. The lowest BCUT2D eigenvalue weighted by atomic mass is 9.95. The molecule has 0 N–H and O–H groups in total. The highest BCUT2D eigenvalue weighted by Crippen LogP contribution is 2.26. The van der Waals surface area contributed by atoms with Gasteiger partial charge in [0.25, 0.3) is 5.56 Å². The third-order valence-electron chi connectivity index (χ3n) is 5.88. The summed E-state index contributed by atoms with van der Waals surface area (Å²) in [5, 5.41) is 0. The van der Waals surface area contributed by atoms with Crippen LogP contribution in [0.5, 0.6) is 0 Å². The number of aromatic nitrogens is 4. The minimum absolute atomic E-state index is 0.00808. The van der Waals surface area contributed by atoms with Crippen LogP contribution in [0, 0.1) is 0 Å². The molecular weight excluding hydrogens is 352 g/mol. The molecule has 6 heteroatoms. The van der Waals surface area contributed by atoms with E-state index < -0.39 is 0 Å². The van der Waals surface area contributed by atoms with Gasteiger partial charge < -0.3 is 4.57 Å². The molecule has 0 atom stereocenters. The molecule has 1 saturated carbocycles. The van der Waals surface area contributed by atoms with Gasteiger partial charge in [0, 0.05) is 26.1 Å². The van der Waals surface area contributed by atoms with Gasteiger partial charge in [-0.05, 0) is 24.8 Å². The number of fused-ring (bicyclic) bond motifs is 1. The first-order chi connectivity index (χ1) is 13.6. The Kier molecular flexibility index (Phi) is 5.20. The number of rotatable bonds is 5. The minimum atomic E-state index is -0.199. The van der Waals surface area contributed by atoms with Gasteiger partial charge in [0.15, 0.2) is 11.2 Å². The Balaban J connectivity index is 1.92. The molecule has 148 valence electrons. The molecule has 0 unspecified atom stereocenters. The standard InChI is InChI=1S/C22H28N4O2/c1-3-14-25-20-19(21(27)26(22(25)28)17-12-8-5-9-13-17)24(2)18(23-20)15-16-10-6-4-7-11-16/h4,6-7,10-11,17H,3,5,8-9,12-15H2,1-2H3. The fraction of sp³-hybridized carbons (Fsp3) is 0.500. The maximum Gasteiger partial charge on any atom is 0.333 e. The topological polar surface area (TPSA) is 61.8 Å². The third kappa shape index (κ3) is 3.21. The maximum atomic E-state index is 13.4. The first-order valence-electron chi connectivity index (χ1n) is 10.4. The van der Waals surface area contributed by atoms with Crippen LogP contribution in [0.4, 0.5) is 0 Å². The molecule has 4 rings (SSSR count). The van der Waals surface area contributed by atoms with Gasteiger partial charge in [0.1, 0.15) is 5.82 Å². The number of aryl methyl sites for hydroxylation is 2. The fourth-order valence-electron chi connectivity index (χ4n) is 4.40. The minimum Gasteiger partial charge on any atom is -0.325 e. The Hall–Kier alpha value is -2.63. The SMILES string of the molecule is CCCn1c(=O)n(C2CCCCC2)c(=O)c2c1nc(Cc1ccccc1)n2C. The molecule has 6 nitrogen and oxygen atoms in total. The lowest BCUT2D eigenvalue weighted by molar-refractivity contribution is 0.331. The molecule has 0 amide bonds. The van der Waals surface area contributed by atoms with E-state index in [1.807, 2.05) is 36.7 Å². The maximum absolute atomic E-state index is 13.4. The number of hydrogen-bond acceptors (Lipinski definition) is 3. The van der Waals surface area contributed by atoms with Crippen LogP contribution in [0.25, 0.3) is 11.2 Å². The number of benzene rings is 1. The largest absolute Gasteiger partial charge is 0.333 e. The van der Waals surface area contributed by atoms with Crippen molar-refractivity contribution in [3.63, 3.8) is 0 Å². The molecule has 2 heterocycles. The highest BCUT2D eigenvalue weighted by Gasteiger charge is 2.25. The summed E-state index contributed by atoms with van der Waals surface area (Å²) in [5.41, 5.74) is 1.82. The smallest absolute Gasteiger partial charge is 0.325 e. The van der Waals surface area contributed by atoms with E-state index in [1.165, 1.54) is 11.0 Å². The molecule has 0 bridgehead atoms. The second-order valence-corrected chi connectivity index (χ2v) is 7.82. The van der Waals surface area contributed by atoms with E-state index in [1.54, 1.807) is 4.57 Å². The molecular formula is C22H28N4O2. The zero-order chi connectivity index (χ0) is 19.7. The van der Waals surface area contributed by atoms with Crippen molar-refractivity contribution < 1.29 is 0 Å². The Bertz CT molecular complexity index is 1090. The molecule has 1 aliphatic rings. The zero-order valence-corrected chi connectivity index (χ0v) is 16.7. The highest BCUT2D eigenvalue weighted by atomic mass is 16.2. The van der Waals surface area contributed by atoms with E-state index in [2.05, 4.69) is 12.1 Å². The number of imidazole rings is 1. The molecule has 1 aromatic carbocycles. The summed E-state index contributed by atoms with van der Waals surface area (Å²) in [6.07, 6.45) is 6.60. The summed E-state index contributed by atoms with van der Waals surface area (Å²) in [7, 11) is 1.89. The molecule has 1 fully saturated rings. The van der Waals surface area contributed by atoms with Crippen LogP contribution in [-0.4, -0.2) is 18.7 Å². The van der Waals surface area contributed by atoms with Gasteiger partial charge in [-0.2, -0.15) is 0 Å². The number of nitrogens with zero attached hydrogens (tertiary/aromatic N) is 4. The van der Waals surface area contributed by atoms with E-state index in [4.69, 9.17) is 4.98 Å². The average Bonchev–Trinajstić information content (AvgIpc) is 3.03. The molecule has 0 saturated heterocycles. The van der Waals surface area contributed by atoms with Crippen LogP contribution >= 0.6 is 0 Å². The van der Waals surface area contributed by atoms with Crippen molar-refractivity contribution in [2.45, 2.75) is 64.5 Å². The second kappa shape index (κ2) is 7.78. The molecule has 0 radical (unpaired) electrons. The van der Waals surface area contributed by atoms with E-state index in [0.717, 1.165) is 43.5 Å². The lowest BCUT2D eigenvalue weighted by Crippen LogP contribution is -2.43. The van der Waals surface area contributed by atoms with E-state index >= 15 is 0 Å². The predicted octanol–water partition coefficient (Wildman–Crippen LogP) is 3.40. The Labute approximate surface area is 164 Å². The van der Waals surface area contributed by atoms with Crippen LogP contribution in [0.15, 0.2) is 39.9 Å². The van der Waals surface area contributed by atoms with E-state index in [9.17, 15) is 9.59 Å². The first kappa shape index (κ1) is 18.7. The van der Waals surface area contributed by atoms with Gasteiger partial charge in [0.05, 0.1) is 0 Å². The van der Waals surface area contributed by atoms with Gasteiger partial charge in [-0.3, -0.25) is 13.9 Å².